The van der Waals surface area contributed by atoms with Crippen molar-refractivity contribution in [2.24, 2.45) is 0 Å². The Bertz CT molecular complexity index is 1160. The standard InChI is InChI=1S/C25H27N3O5S/c1-30-21-11-10-19(13-23(21)31-2)15-32-16-20(29)17-34-25-27-26-24(22-9-6-12-33-22)28(25)14-18-7-4-3-5-8-18/h3-13,20,29H,14-17H2,1-2H3. The molecular weight excluding hydrogens is 454 g/mol. The normalized spacial score (nSPS) is 12.0. The molecule has 9 heteroatoms. The Labute approximate surface area is 202 Å². The van der Waals surface area contributed by atoms with Crippen molar-refractivity contribution >= 4 is 11.8 Å². The second-order valence-electron chi connectivity index (χ2n) is 7.52. The number of aromatic nitrogens is 3. The zero-order chi connectivity index (χ0) is 23.8. The van der Waals surface area contributed by atoms with Gasteiger partial charge in [0.1, 0.15) is 0 Å². The van der Waals surface area contributed by atoms with Gasteiger partial charge in [-0.25, -0.2) is 0 Å². The molecule has 178 valence electrons. The van der Waals surface area contributed by atoms with Crippen molar-refractivity contribution in [1.29, 1.82) is 0 Å². The predicted molar refractivity (Wildman–Crippen MR) is 129 cm³/mol. The maximum atomic E-state index is 10.5. The van der Waals surface area contributed by atoms with Crippen LogP contribution in [0.1, 0.15) is 11.1 Å². The summed E-state index contributed by atoms with van der Waals surface area (Å²) in [7, 11) is 3.19. The van der Waals surface area contributed by atoms with E-state index in [1.165, 1.54) is 11.8 Å². The number of hydrogen-bond acceptors (Lipinski definition) is 8. The first-order valence-corrected chi connectivity index (χ1v) is 11.8. The Morgan fingerprint density at radius 2 is 1.79 bits per heavy atom. The van der Waals surface area contributed by atoms with Crippen LogP contribution in [0.25, 0.3) is 11.6 Å². The summed E-state index contributed by atoms with van der Waals surface area (Å²) in [4.78, 5) is 0. The average molecular weight is 482 g/mol. The number of furan rings is 1. The van der Waals surface area contributed by atoms with E-state index in [1.807, 2.05) is 53.1 Å². The van der Waals surface area contributed by atoms with Gasteiger partial charge in [0.25, 0.3) is 0 Å². The molecule has 0 fully saturated rings. The average Bonchev–Trinajstić information content (AvgIpc) is 3.53. The topological polar surface area (TPSA) is 91.8 Å². The fraction of sp³-hybridized carbons (Fsp3) is 0.280. The van der Waals surface area contributed by atoms with E-state index in [0.29, 0.717) is 47.1 Å². The highest BCUT2D eigenvalue weighted by molar-refractivity contribution is 7.99. The van der Waals surface area contributed by atoms with E-state index in [1.54, 1.807) is 20.5 Å². The van der Waals surface area contributed by atoms with Crippen LogP contribution >= 0.6 is 11.8 Å². The molecule has 2 aromatic heterocycles. The minimum absolute atomic E-state index is 0.194. The van der Waals surface area contributed by atoms with Crippen molar-refractivity contribution in [3.8, 4) is 23.1 Å². The second kappa shape index (κ2) is 11.7. The Hall–Kier alpha value is -3.27. The van der Waals surface area contributed by atoms with Crippen molar-refractivity contribution in [1.82, 2.24) is 14.8 Å². The molecule has 4 aromatic rings. The Morgan fingerprint density at radius 1 is 0.971 bits per heavy atom. The van der Waals surface area contributed by atoms with Crippen LogP contribution in [-0.4, -0.2) is 52.6 Å². The molecule has 0 bridgehead atoms. The summed E-state index contributed by atoms with van der Waals surface area (Å²) in [6.45, 7) is 1.15. The van der Waals surface area contributed by atoms with E-state index in [0.717, 1.165) is 11.1 Å². The molecule has 0 aliphatic carbocycles. The smallest absolute Gasteiger partial charge is 0.200 e. The van der Waals surface area contributed by atoms with Crippen LogP contribution in [0.4, 0.5) is 0 Å². The van der Waals surface area contributed by atoms with Gasteiger partial charge >= 0.3 is 0 Å². The molecule has 0 spiro atoms. The highest BCUT2D eigenvalue weighted by Gasteiger charge is 2.18. The molecule has 1 N–H and O–H groups in total. The molecular formula is C25H27N3O5S. The molecule has 34 heavy (non-hydrogen) atoms. The van der Waals surface area contributed by atoms with E-state index in [4.69, 9.17) is 18.6 Å². The van der Waals surface area contributed by atoms with Gasteiger partial charge in [-0.1, -0.05) is 48.2 Å². The maximum Gasteiger partial charge on any atom is 0.200 e. The van der Waals surface area contributed by atoms with E-state index >= 15 is 0 Å². The summed E-state index contributed by atoms with van der Waals surface area (Å²) in [6, 6.07) is 19.4. The lowest BCUT2D eigenvalue weighted by Gasteiger charge is -2.13. The number of benzene rings is 2. The van der Waals surface area contributed by atoms with Crippen molar-refractivity contribution in [2.75, 3.05) is 26.6 Å². The number of methoxy groups -OCH3 is 2. The fourth-order valence-electron chi connectivity index (χ4n) is 3.39. The number of rotatable bonds is 12. The third kappa shape index (κ3) is 5.99. The first-order chi connectivity index (χ1) is 16.7. The molecule has 0 aliphatic rings. The second-order valence-corrected chi connectivity index (χ2v) is 8.51. The number of thioether (sulfide) groups is 1. The van der Waals surface area contributed by atoms with Gasteiger partial charge in [0.05, 0.1) is 46.3 Å². The zero-order valence-corrected chi connectivity index (χ0v) is 19.9. The Morgan fingerprint density at radius 3 is 2.53 bits per heavy atom. The SMILES string of the molecule is COc1ccc(COCC(O)CSc2nnc(-c3ccco3)n2Cc2ccccc2)cc1OC. The number of hydrogen-bond donors (Lipinski definition) is 1. The third-order valence-corrected chi connectivity index (χ3v) is 6.19. The van der Waals surface area contributed by atoms with Crippen LogP contribution in [-0.2, 0) is 17.9 Å². The molecule has 8 nitrogen and oxygen atoms in total. The van der Waals surface area contributed by atoms with Crippen LogP contribution < -0.4 is 9.47 Å². The van der Waals surface area contributed by atoms with Gasteiger partial charge in [0, 0.05) is 5.75 Å². The van der Waals surface area contributed by atoms with Crippen LogP contribution in [0.15, 0.2) is 76.5 Å². The Balaban J connectivity index is 1.35. The molecule has 0 aliphatic heterocycles. The van der Waals surface area contributed by atoms with Gasteiger partial charge in [-0.05, 0) is 35.4 Å². The van der Waals surface area contributed by atoms with E-state index in [9.17, 15) is 5.11 Å². The lowest BCUT2D eigenvalue weighted by Crippen LogP contribution is -2.18. The van der Waals surface area contributed by atoms with Crippen molar-refractivity contribution < 1.29 is 23.7 Å². The minimum atomic E-state index is -0.668. The highest BCUT2D eigenvalue weighted by Crippen LogP contribution is 2.28. The van der Waals surface area contributed by atoms with Crippen molar-refractivity contribution in [2.45, 2.75) is 24.4 Å². The number of aliphatic hydroxyl groups is 1. The monoisotopic (exact) mass is 481 g/mol. The summed E-state index contributed by atoms with van der Waals surface area (Å²) in [5.74, 6) is 3.02. The largest absolute Gasteiger partial charge is 0.493 e. The molecule has 2 aromatic carbocycles. The van der Waals surface area contributed by atoms with Crippen LogP contribution in [0, 0.1) is 0 Å². The van der Waals surface area contributed by atoms with Gasteiger partial charge in [0.15, 0.2) is 22.4 Å². The van der Waals surface area contributed by atoms with Gasteiger partial charge < -0.3 is 23.7 Å². The highest BCUT2D eigenvalue weighted by atomic mass is 32.2. The predicted octanol–water partition coefficient (Wildman–Crippen LogP) is 4.27. The quantitative estimate of drug-likeness (QED) is 0.300. The summed E-state index contributed by atoms with van der Waals surface area (Å²) < 4.78 is 23.8. The molecule has 0 saturated carbocycles. The zero-order valence-electron chi connectivity index (χ0n) is 19.1. The first-order valence-electron chi connectivity index (χ1n) is 10.8. The summed E-state index contributed by atoms with van der Waals surface area (Å²) >= 11 is 1.43. The van der Waals surface area contributed by atoms with Gasteiger partial charge in [-0.15, -0.1) is 10.2 Å². The molecule has 4 rings (SSSR count). The Kier molecular flexibility index (Phi) is 8.24. The lowest BCUT2D eigenvalue weighted by molar-refractivity contribution is 0.0397. The van der Waals surface area contributed by atoms with E-state index < -0.39 is 6.10 Å². The maximum absolute atomic E-state index is 10.5. The number of ether oxygens (including phenoxy) is 3. The summed E-state index contributed by atoms with van der Waals surface area (Å²) in [6.07, 6.45) is 0.947. The van der Waals surface area contributed by atoms with Crippen molar-refractivity contribution in [3.05, 3.63) is 78.1 Å². The molecule has 2 heterocycles. The number of nitrogens with zero attached hydrogens (tertiary/aromatic N) is 3. The lowest BCUT2D eigenvalue weighted by atomic mass is 10.2. The first kappa shape index (κ1) is 23.9. The van der Waals surface area contributed by atoms with Crippen LogP contribution in [0.3, 0.4) is 0 Å². The minimum Gasteiger partial charge on any atom is -0.493 e. The summed E-state index contributed by atoms with van der Waals surface area (Å²) in [5, 5.41) is 19.8. The van der Waals surface area contributed by atoms with Gasteiger partial charge in [-0.2, -0.15) is 0 Å². The number of aliphatic hydroxyl groups excluding tert-OH is 1. The molecule has 0 saturated heterocycles. The van der Waals surface area contributed by atoms with Crippen molar-refractivity contribution in [3.63, 3.8) is 0 Å². The van der Waals surface area contributed by atoms with Gasteiger partial charge in [-0.3, -0.25) is 4.57 Å². The van der Waals surface area contributed by atoms with E-state index in [2.05, 4.69) is 22.3 Å². The van der Waals surface area contributed by atoms with E-state index in [-0.39, 0.29) is 6.61 Å². The summed E-state index contributed by atoms with van der Waals surface area (Å²) in [5.41, 5.74) is 2.05. The molecule has 0 radical (unpaired) electrons. The fourth-order valence-corrected chi connectivity index (χ4v) is 4.24. The van der Waals surface area contributed by atoms with Crippen LogP contribution in [0.2, 0.25) is 0 Å². The van der Waals surface area contributed by atoms with Crippen LogP contribution in [0.5, 0.6) is 11.5 Å². The molecule has 1 unspecified atom stereocenters. The molecule has 0 amide bonds. The molecule has 1 atom stereocenters. The third-order valence-electron chi connectivity index (χ3n) is 5.07. The van der Waals surface area contributed by atoms with Gasteiger partial charge in [0.2, 0.25) is 5.82 Å².